The number of alkyl halides is 2. The average Bonchev–Trinajstić information content (AvgIpc) is 3.64. The molecule has 1 atom stereocenters. The van der Waals surface area contributed by atoms with E-state index in [0.29, 0.717) is 13.1 Å². The highest BCUT2D eigenvalue weighted by molar-refractivity contribution is 5.92. The molecule has 1 unspecified atom stereocenters. The van der Waals surface area contributed by atoms with E-state index in [1.165, 1.54) is 12.1 Å². The summed E-state index contributed by atoms with van der Waals surface area (Å²) in [6.07, 6.45) is 6.64. The summed E-state index contributed by atoms with van der Waals surface area (Å²) in [7, 11) is 0. The Hall–Kier alpha value is -4.44. The average molecular weight is 528 g/mol. The lowest BCUT2D eigenvalue weighted by Gasteiger charge is -2.16. The van der Waals surface area contributed by atoms with Crippen molar-refractivity contribution < 1.29 is 13.2 Å². The Kier molecular flexibility index (Phi) is 5.52. The van der Waals surface area contributed by atoms with Crippen LogP contribution in [0.2, 0.25) is 0 Å². The van der Waals surface area contributed by atoms with Gasteiger partial charge >= 0.3 is 0 Å². The molecule has 5 aromatic rings. The number of hydrogen-bond donors (Lipinski definition) is 3. The van der Waals surface area contributed by atoms with Gasteiger partial charge in [-0.05, 0) is 47.0 Å². The number of aromatic nitrogens is 4. The van der Waals surface area contributed by atoms with E-state index in [1.807, 2.05) is 18.2 Å². The van der Waals surface area contributed by atoms with Crippen LogP contribution in [0, 0.1) is 5.82 Å². The number of nitrogens with zero attached hydrogens (tertiary/aromatic N) is 4. The number of pyridine rings is 2. The summed E-state index contributed by atoms with van der Waals surface area (Å²) >= 11 is 0. The number of hydrogen-bond acceptors (Lipinski definition) is 6. The first-order valence-electron chi connectivity index (χ1n) is 12.7. The molecule has 196 valence electrons. The number of aromatic amines is 1. The highest BCUT2D eigenvalue weighted by atomic mass is 19.3. The minimum Gasteiger partial charge on any atom is -0.358 e. The van der Waals surface area contributed by atoms with Crippen LogP contribution in [0.1, 0.15) is 23.8 Å². The van der Waals surface area contributed by atoms with Gasteiger partial charge in [-0.3, -0.25) is 20.0 Å². The number of likely N-dealkylation sites (tertiary alicyclic amines) is 1. The third-order valence-electron chi connectivity index (χ3n) is 7.35. The number of fused-ring (bicyclic) bond motifs is 2. The molecule has 10 heteroatoms. The molecular formula is C29H24F3N7. The van der Waals surface area contributed by atoms with Gasteiger partial charge in [0.25, 0.3) is 5.92 Å². The maximum absolute atomic E-state index is 13.6. The van der Waals surface area contributed by atoms with Crippen molar-refractivity contribution >= 4 is 22.3 Å². The molecule has 0 saturated carbocycles. The minimum absolute atomic E-state index is 0.103. The fourth-order valence-electron chi connectivity index (χ4n) is 5.42. The Balaban J connectivity index is 1.17. The van der Waals surface area contributed by atoms with Gasteiger partial charge < -0.3 is 10.6 Å². The molecule has 7 rings (SSSR count). The van der Waals surface area contributed by atoms with Crippen molar-refractivity contribution in [2.45, 2.75) is 25.1 Å². The van der Waals surface area contributed by atoms with Crippen LogP contribution >= 0.6 is 0 Å². The summed E-state index contributed by atoms with van der Waals surface area (Å²) in [5.41, 5.74) is 7.87. The van der Waals surface area contributed by atoms with Gasteiger partial charge in [-0.2, -0.15) is 5.10 Å². The quantitative estimate of drug-likeness (QED) is 0.252. The molecular weight excluding hydrogens is 503 g/mol. The zero-order valence-electron chi connectivity index (χ0n) is 20.8. The van der Waals surface area contributed by atoms with E-state index in [1.54, 1.807) is 41.8 Å². The number of halogens is 3. The summed E-state index contributed by atoms with van der Waals surface area (Å²) < 4.78 is 40.8. The highest BCUT2D eigenvalue weighted by Crippen LogP contribution is 2.42. The van der Waals surface area contributed by atoms with Crippen LogP contribution in [0.15, 0.2) is 73.3 Å². The van der Waals surface area contributed by atoms with Crippen molar-refractivity contribution in [3.8, 4) is 22.3 Å². The van der Waals surface area contributed by atoms with Gasteiger partial charge in [-0.1, -0.05) is 18.2 Å². The third kappa shape index (κ3) is 4.46. The standard InChI is InChI=1S/C29H24F3N7/c30-21-4-1-18(2-5-21)23-13-34-14-25-26(23)36-28(35-25)27-22-10-19(3-6-24(22)37-38-27)20-9-17(11-33-12-20)15-39-8-7-29(31,32)16-39/h1-6,9-14,28,35-36H,7-8,15-16H2,(H,37,38). The molecule has 1 fully saturated rings. The Morgan fingerprint density at radius 2 is 1.72 bits per heavy atom. The van der Waals surface area contributed by atoms with Crippen LogP contribution in [-0.2, 0) is 6.54 Å². The zero-order valence-corrected chi connectivity index (χ0v) is 20.8. The Bertz CT molecular complexity index is 1680. The van der Waals surface area contributed by atoms with Gasteiger partial charge in [0.2, 0.25) is 0 Å². The fourth-order valence-corrected chi connectivity index (χ4v) is 5.42. The summed E-state index contributed by atoms with van der Waals surface area (Å²) in [6, 6.07) is 14.3. The monoisotopic (exact) mass is 527 g/mol. The van der Waals surface area contributed by atoms with Crippen molar-refractivity contribution in [2.75, 3.05) is 23.7 Å². The lowest BCUT2D eigenvalue weighted by molar-refractivity contribution is 0.0115. The minimum atomic E-state index is -2.62. The molecule has 2 aromatic carbocycles. The molecule has 0 bridgehead atoms. The topological polar surface area (TPSA) is 81.8 Å². The zero-order chi connectivity index (χ0) is 26.6. The van der Waals surface area contributed by atoms with E-state index < -0.39 is 5.92 Å². The first-order chi connectivity index (χ1) is 18.9. The summed E-state index contributed by atoms with van der Waals surface area (Å²) in [6.45, 7) is 0.599. The van der Waals surface area contributed by atoms with E-state index in [4.69, 9.17) is 0 Å². The van der Waals surface area contributed by atoms with Gasteiger partial charge in [0, 0.05) is 54.6 Å². The molecule has 0 amide bonds. The predicted octanol–water partition coefficient (Wildman–Crippen LogP) is 6.20. The molecule has 5 heterocycles. The van der Waals surface area contributed by atoms with Crippen LogP contribution in [0.5, 0.6) is 0 Å². The largest absolute Gasteiger partial charge is 0.358 e. The van der Waals surface area contributed by atoms with Gasteiger partial charge in [0.15, 0.2) is 0 Å². The fraction of sp³-hybridized carbons (Fsp3) is 0.207. The lowest BCUT2D eigenvalue weighted by atomic mass is 10.0. The first-order valence-corrected chi connectivity index (χ1v) is 12.7. The van der Waals surface area contributed by atoms with Crippen molar-refractivity contribution in [3.63, 3.8) is 0 Å². The highest BCUT2D eigenvalue weighted by Gasteiger charge is 2.38. The molecule has 0 radical (unpaired) electrons. The maximum Gasteiger partial charge on any atom is 0.261 e. The Labute approximate surface area is 222 Å². The molecule has 3 N–H and O–H groups in total. The van der Waals surface area contributed by atoms with Gasteiger partial charge in [-0.25, -0.2) is 13.2 Å². The first kappa shape index (κ1) is 23.7. The van der Waals surface area contributed by atoms with Gasteiger partial charge in [0.1, 0.15) is 12.0 Å². The normalized spacial score (nSPS) is 18.2. The second-order valence-corrected chi connectivity index (χ2v) is 10.1. The molecule has 7 nitrogen and oxygen atoms in total. The van der Waals surface area contributed by atoms with Crippen LogP contribution in [-0.4, -0.2) is 44.1 Å². The number of H-pyrrole nitrogens is 1. The molecule has 2 aliphatic rings. The van der Waals surface area contributed by atoms with Crippen LogP contribution in [0.3, 0.4) is 0 Å². The Morgan fingerprint density at radius 3 is 2.54 bits per heavy atom. The number of anilines is 2. The SMILES string of the molecule is Fc1ccc(-c2cncc3c2NC(c2[nH]nc4ccc(-c5cncc(CN6CCC(F)(F)C6)c5)cc24)N3)cc1. The number of benzene rings is 2. The van der Waals surface area contributed by atoms with Crippen molar-refractivity contribution in [1.29, 1.82) is 0 Å². The molecule has 1 saturated heterocycles. The van der Waals surface area contributed by atoms with Crippen molar-refractivity contribution in [1.82, 2.24) is 25.1 Å². The number of nitrogens with one attached hydrogen (secondary N) is 3. The van der Waals surface area contributed by atoms with Gasteiger partial charge in [-0.15, -0.1) is 0 Å². The Morgan fingerprint density at radius 1 is 0.897 bits per heavy atom. The van der Waals surface area contributed by atoms with Crippen molar-refractivity contribution in [3.05, 3.63) is 90.4 Å². The molecule has 0 aliphatic carbocycles. The van der Waals surface area contributed by atoms with E-state index in [-0.39, 0.29) is 24.9 Å². The maximum atomic E-state index is 13.6. The lowest BCUT2D eigenvalue weighted by Crippen LogP contribution is -2.24. The summed E-state index contributed by atoms with van der Waals surface area (Å²) in [5, 5.41) is 15.6. The van der Waals surface area contributed by atoms with Crippen molar-refractivity contribution in [2.24, 2.45) is 0 Å². The second-order valence-electron chi connectivity index (χ2n) is 10.1. The van der Waals surface area contributed by atoms with E-state index in [9.17, 15) is 13.2 Å². The van der Waals surface area contributed by atoms with E-state index >= 15 is 0 Å². The predicted molar refractivity (Wildman–Crippen MR) is 144 cm³/mol. The van der Waals surface area contributed by atoms with E-state index in [2.05, 4.69) is 36.9 Å². The molecule has 39 heavy (non-hydrogen) atoms. The smallest absolute Gasteiger partial charge is 0.261 e. The third-order valence-corrected chi connectivity index (χ3v) is 7.35. The van der Waals surface area contributed by atoms with Gasteiger partial charge in [0.05, 0.1) is 35.3 Å². The molecule has 2 aliphatic heterocycles. The number of rotatable bonds is 5. The van der Waals surface area contributed by atoms with Crippen LogP contribution < -0.4 is 10.6 Å². The van der Waals surface area contributed by atoms with E-state index in [0.717, 1.165) is 55.8 Å². The second kappa shape index (κ2) is 9.09. The summed E-state index contributed by atoms with van der Waals surface area (Å²) in [5.74, 6) is -2.91. The molecule has 3 aromatic heterocycles. The van der Waals surface area contributed by atoms with Crippen LogP contribution in [0.25, 0.3) is 33.2 Å². The molecule has 0 spiro atoms. The van der Waals surface area contributed by atoms with Crippen LogP contribution in [0.4, 0.5) is 24.5 Å². The summed E-state index contributed by atoms with van der Waals surface area (Å²) in [4.78, 5) is 10.5.